The summed E-state index contributed by atoms with van der Waals surface area (Å²) in [6.07, 6.45) is -0.830. The van der Waals surface area contributed by atoms with Crippen molar-refractivity contribution in [1.82, 2.24) is 10.2 Å². The van der Waals surface area contributed by atoms with E-state index < -0.39 is 45.9 Å². The lowest BCUT2D eigenvalue weighted by atomic mass is 10.1. The van der Waals surface area contributed by atoms with E-state index in [1.807, 2.05) is 0 Å². The highest BCUT2D eigenvalue weighted by molar-refractivity contribution is 5.98. The first-order chi connectivity index (χ1) is 9.82. The second-order valence-electron chi connectivity index (χ2n) is 4.75. The molecule has 1 fully saturated rings. The number of benzene rings is 1. The van der Waals surface area contributed by atoms with E-state index in [0.29, 0.717) is 18.7 Å². The van der Waals surface area contributed by atoms with Gasteiger partial charge in [0, 0.05) is 20.1 Å². The van der Waals surface area contributed by atoms with Gasteiger partial charge >= 0.3 is 0 Å². The SMILES string of the molecule is CN(C(=O)c1cc(F)c(F)cc1[N+](=O)[O-])[C@H]1CNC[C@@H]1O. The van der Waals surface area contributed by atoms with Gasteiger partial charge in [0.15, 0.2) is 11.6 Å². The van der Waals surface area contributed by atoms with E-state index in [2.05, 4.69) is 5.32 Å². The van der Waals surface area contributed by atoms with Crippen LogP contribution in [0, 0.1) is 21.7 Å². The number of aliphatic hydroxyl groups excluding tert-OH is 1. The highest BCUT2D eigenvalue weighted by Gasteiger charge is 2.34. The van der Waals surface area contributed by atoms with E-state index in [0.717, 1.165) is 4.90 Å². The number of hydrogen-bond acceptors (Lipinski definition) is 5. The van der Waals surface area contributed by atoms with E-state index >= 15 is 0 Å². The van der Waals surface area contributed by atoms with Crippen LogP contribution < -0.4 is 5.32 Å². The van der Waals surface area contributed by atoms with Crippen molar-refractivity contribution in [3.63, 3.8) is 0 Å². The number of hydrogen-bond donors (Lipinski definition) is 2. The molecule has 7 nitrogen and oxygen atoms in total. The molecular formula is C12H13F2N3O4. The van der Waals surface area contributed by atoms with E-state index in [4.69, 9.17) is 0 Å². The standard InChI is InChI=1S/C12H13F2N3O4/c1-16(10-4-15-5-11(10)18)12(19)6-2-7(13)8(14)3-9(6)17(20)21/h2-3,10-11,15,18H,4-5H2,1H3/t10-,11-/m0/s1. The third-order valence-corrected chi connectivity index (χ3v) is 3.43. The molecule has 2 atom stereocenters. The van der Waals surface area contributed by atoms with Crippen molar-refractivity contribution in [2.75, 3.05) is 20.1 Å². The molecule has 0 radical (unpaired) electrons. The Morgan fingerprint density at radius 1 is 1.43 bits per heavy atom. The number of carbonyl (C=O) groups excluding carboxylic acids is 1. The van der Waals surface area contributed by atoms with Crippen LogP contribution in [0.1, 0.15) is 10.4 Å². The first-order valence-corrected chi connectivity index (χ1v) is 6.12. The molecule has 0 aliphatic carbocycles. The molecule has 0 spiro atoms. The summed E-state index contributed by atoms with van der Waals surface area (Å²) in [7, 11) is 1.34. The van der Waals surface area contributed by atoms with Gasteiger partial charge in [-0.1, -0.05) is 0 Å². The average Bonchev–Trinajstić information content (AvgIpc) is 2.85. The Morgan fingerprint density at radius 3 is 2.57 bits per heavy atom. The minimum Gasteiger partial charge on any atom is -0.390 e. The third kappa shape index (κ3) is 2.83. The molecule has 9 heteroatoms. The summed E-state index contributed by atoms with van der Waals surface area (Å²) in [4.78, 5) is 23.3. The van der Waals surface area contributed by atoms with Crippen LogP contribution in [-0.4, -0.2) is 53.1 Å². The number of rotatable bonds is 3. The molecule has 21 heavy (non-hydrogen) atoms. The second kappa shape index (κ2) is 5.70. The van der Waals surface area contributed by atoms with Gasteiger partial charge in [-0.15, -0.1) is 0 Å². The summed E-state index contributed by atoms with van der Waals surface area (Å²) in [6, 6.07) is 0.283. The van der Waals surface area contributed by atoms with Crippen LogP contribution >= 0.6 is 0 Å². The van der Waals surface area contributed by atoms with Gasteiger partial charge < -0.3 is 15.3 Å². The fourth-order valence-electron chi connectivity index (χ4n) is 2.25. The third-order valence-electron chi connectivity index (χ3n) is 3.43. The van der Waals surface area contributed by atoms with Gasteiger partial charge in [-0.3, -0.25) is 14.9 Å². The molecule has 0 aromatic heterocycles. The summed E-state index contributed by atoms with van der Waals surface area (Å²) < 4.78 is 26.4. The van der Waals surface area contributed by atoms with Crippen LogP contribution in [0.25, 0.3) is 0 Å². The maximum Gasteiger partial charge on any atom is 0.285 e. The number of carbonyl (C=O) groups is 1. The van der Waals surface area contributed by atoms with E-state index in [1.54, 1.807) is 0 Å². The topological polar surface area (TPSA) is 95.7 Å². The van der Waals surface area contributed by atoms with Crippen LogP contribution in [0.5, 0.6) is 0 Å². The highest BCUT2D eigenvalue weighted by atomic mass is 19.2. The summed E-state index contributed by atoms with van der Waals surface area (Å²) in [5.74, 6) is -3.60. The maximum absolute atomic E-state index is 13.3. The number of nitrogens with one attached hydrogen (secondary N) is 1. The zero-order chi connectivity index (χ0) is 15.7. The van der Waals surface area contributed by atoms with Crippen molar-refractivity contribution in [2.24, 2.45) is 0 Å². The Kier molecular flexibility index (Phi) is 4.14. The molecule has 1 amide bonds. The largest absolute Gasteiger partial charge is 0.390 e. The number of nitro groups is 1. The molecule has 0 unspecified atom stereocenters. The van der Waals surface area contributed by atoms with Crippen LogP contribution in [-0.2, 0) is 0 Å². The lowest BCUT2D eigenvalue weighted by Crippen LogP contribution is -2.44. The molecule has 1 saturated heterocycles. The molecule has 2 rings (SSSR count). The fourth-order valence-corrected chi connectivity index (χ4v) is 2.25. The molecule has 1 heterocycles. The average molecular weight is 301 g/mol. The molecule has 2 N–H and O–H groups in total. The zero-order valence-corrected chi connectivity index (χ0v) is 11.0. The number of halogens is 2. The van der Waals surface area contributed by atoms with Gasteiger partial charge in [-0.25, -0.2) is 8.78 Å². The van der Waals surface area contributed by atoms with Gasteiger partial charge in [-0.2, -0.15) is 0 Å². The highest BCUT2D eigenvalue weighted by Crippen LogP contribution is 2.24. The number of amides is 1. The quantitative estimate of drug-likeness (QED) is 0.617. The molecule has 1 aliphatic heterocycles. The number of aliphatic hydroxyl groups is 1. The van der Waals surface area contributed by atoms with Gasteiger partial charge in [-0.05, 0) is 6.07 Å². The number of likely N-dealkylation sites (N-methyl/N-ethyl adjacent to an activating group) is 1. The normalized spacial score (nSPS) is 21.3. The van der Waals surface area contributed by atoms with E-state index in [1.165, 1.54) is 7.05 Å². The number of nitro benzene ring substituents is 1. The van der Waals surface area contributed by atoms with Gasteiger partial charge in [0.05, 0.1) is 23.1 Å². The fraction of sp³-hybridized carbons (Fsp3) is 0.417. The van der Waals surface area contributed by atoms with Crippen molar-refractivity contribution >= 4 is 11.6 Å². The summed E-state index contributed by atoms with van der Waals surface area (Å²) in [5.41, 5.74) is -1.37. The predicted molar refractivity (Wildman–Crippen MR) is 67.8 cm³/mol. The first kappa shape index (κ1) is 15.3. The molecule has 114 valence electrons. The van der Waals surface area contributed by atoms with E-state index in [-0.39, 0.29) is 6.54 Å². The minimum absolute atomic E-state index is 0.280. The van der Waals surface area contributed by atoms with Gasteiger partial charge in [0.1, 0.15) is 5.56 Å². The molecule has 0 bridgehead atoms. The van der Waals surface area contributed by atoms with Gasteiger partial charge in [0.25, 0.3) is 11.6 Å². The Bertz CT molecular complexity index is 596. The second-order valence-corrected chi connectivity index (χ2v) is 4.75. The van der Waals surface area contributed by atoms with Crippen molar-refractivity contribution in [3.05, 3.63) is 39.4 Å². The smallest absolute Gasteiger partial charge is 0.285 e. The molecule has 1 aliphatic rings. The maximum atomic E-state index is 13.3. The minimum atomic E-state index is -1.40. The lowest BCUT2D eigenvalue weighted by molar-refractivity contribution is -0.385. The summed E-state index contributed by atoms with van der Waals surface area (Å²) >= 11 is 0. The van der Waals surface area contributed by atoms with Crippen LogP contribution in [0.3, 0.4) is 0 Å². The molecule has 1 aromatic carbocycles. The van der Waals surface area contributed by atoms with Crippen LogP contribution in [0.15, 0.2) is 12.1 Å². The Labute approximate surface area is 118 Å². The Morgan fingerprint density at radius 2 is 2.05 bits per heavy atom. The lowest BCUT2D eigenvalue weighted by Gasteiger charge is -2.26. The molecule has 1 aromatic rings. The zero-order valence-electron chi connectivity index (χ0n) is 11.0. The first-order valence-electron chi connectivity index (χ1n) is 6.12. The van der Waals surface area contributed by atoms with Crippen LogP contribution in [0.2, 0.25) is 0 Å². The monoisotopic (exact) mass is 301 g/mol. The van der Waals surface area contributed by atoms with E-state index in [9.17, 15) is 28.8 Å². The van der Waals surface area contributed by atoms with Crippen molar-refractivity contribution < 1.29 is 23.6 Å². The molecule has 0 saturated carbocycles. The summed E-state index contributed by atoms with van der Waals surface area (Å²) in [6.45, 7) is 0.586. The Hall–Kier alpha value is -2.13. The molecular weight excluding hydrogens is 288 g/mol. The van der Waals surface area contributed by atoms with Crippen molar-refractivity contribution in [1.29, 1.82) is 0 Å². The predicted octanol–water partition coefficient (Wildman–Crippen LogP) is 0.278. The number of β-amino-alcohol motifs (C(OH)–C–C–N with tert-alkyl or cyclic N) is 1. The van der Waals surface area contributed by atoms with Crippen molar-refractivity contribution in [2.45, 2.75) is 12.1 Å². The van der Waals surface area contributed by atoms with Gasteiger partial charge in [0.2, 0.25) is 0 Å². The Balaban J connectivity index is 2.38. The summed E-state index contributed by atoms with van der Waals surface area (Å²) in [5, 5.41) is 23.4. The van der Waals surface area contributed by atoms with Crippen molar-refractivity contribution in [3.8, 4) is 0 Å². The number of nitrogens with zero attached hydrogens (tertiary/aromatic N) is 2. The van der Waals surface area contributed by atoms with Crippen LogP contribution in [0.4, 0.5) is 14.5 Å².